The van der Waals surface area contributed by atoms with Gasteiger partial charge < -0.3 is 0 Å². The zero-order valence-electron chi connectivity index (χ0n) is 11.3. The van der Waals surface area contributed by atoms with Gasteiger partial charge in [-0.15, -0.1) is 11.8 Å². The lowest BCUT2D eigenvalue weighted by Gasteiger charge is -2.25. The molecule has 0 amide bonds. The van der Waals surface area contributed by atoms with Gasteiger partial charge in [-0.25, -0.2) is 9.97 Å². The second kappa shape index (κ2) is 6.25. The minimum Gasteiger partial charge on any atom is -0.226 e. The number of halogens is 1. The average Bonchev–Trinajstić information content (AvgIpc) is 2.28. The fourth-order valence-corrected chi connectivity index (χ4v) is 4.02. The van der Waals surface area contributed by atoms with Gasteiger partial charge in [0.15, 0.2) is 0 Å². The molecule has 0 aliphatic heterocycles. The summed E-state index contributed by atoms with van der Waals surface area (Å²) in [5.41, 5.74) is 0. The smallest absolute Gasteiger partial charge is 0.133 e. The van der Waals surface area contributed by atoms with E-state index in [4.69, 9.17) is 11.6 Å². The van der Waals surface area contributed by atoms with Crippen molar-refractivity contribution in [2.24, 2.45) is 5.92 Å². The molecule has 1 aromatic rings. The molecule has 1 aromatic heterocycles. The Morgan fingerprint density at radius 2 is 2.11 bits per heavy atom. The molecule has 2 nitrogen and oxygen atoms in total. The molecule has 1 aliphatic carbocycles. The van der Waals surface area contributed by atoms with Crippen molar-refractivity contribution in [3.63, 3.8) is 0 Å². The number of thioether (sulfide) groups is 1. The number of hydrogen-bond acceptors (Lipinski definition) is 3. The molecule has 1 saturated carbocycles. The summed E-state index contributed by atoms with van der Waals surface area (Å²) in [6.45, 7) is 6.55. The molecule has 2 unspecified atom stereocenters. The van der Waals surface area contributed by atoms with Gasteiger partial charge in [0.2, 0.25) is 0 Å². The van der Waals surface area contributed by atoms with E-state index in [1.54, 1.807) is 0 Å². The Kier molecular flexibility index (Phi) is 4.91. The van der Waals surface area contributed by atoms with Crippen LogP contribution in [0.2, 0.25) is 5.15 Å². The van der Waals surface area contributed by atoms with E-state index in [0.29, 0.717) is 16.3 Å². The van der Waals surface area contributed by atoms with Crippen molar-refractivity contribution in [2.45, 2.75) is 62.6 Å². The Hall–Kier alpha value is -0.280. The fraction of sp³-hybridized carbons (Fsp3) is 0.714. The van der Waals surface area contributed by atoms with E-state index in [1.165, 1.54) is 25.7 Å². The van der Waals surface area contributed by atoms with E-state index in [2.05, 4.69) is 30.7 Å². The lowest BCUT2D eigenvalue weighted by atomic mass is 9.91. The van der Waals surface area contributed by atoms with Gasteiger partial charge in [0, 0.05) is 17.2 Å². The van der Waals surface area contributed by atoms with Crippen LogP contribution in [0.25, 0.3) is 0 Å². The highest BCUT2D eigenvalue weighted by Gasteiger charge is 2.20. The predicted molar refractivity (Wildman–Crippen MR) is 78.4 cm³/mol. The van der Waals surface area contributed by atoms with E-state index < -0.39 is 0 Å². The molecule has 0 bridgehead atoms. The highest BCUT2D eigenvalue weighted by molar-refractivity contribution is 7.99. The molecule has 1 aliphatic rings. The highest BCUT2D eigenvalue weighted by atomic mass is 35.5. The summed E-state index contributed by atoms with van der Waals surface area (Å²) in [4.78, 5) is 8.90. The Morgan fingerprint density at radius 3 is 2.78 bits per heavy atom. The van der Waals surface area contributed by atoms with Crippen molar-refractivity contribution >= 4 is 23.4 Å². The Bertz CT molecular complexity index is 409. The third kappa shape index (κ3) is 3.86. The van der Waals surface area contributed by atoms with Crippen LogP contribution in [0.5, 0.6) is 0 Å². The van der Waals surface area contributed by atoms with Crippen molar-refractivity contribution < 1.29 is 0 Å². The molecule has 0 saturated heterocycles. The molecule has 0 radical (unpaired) electrons. The zero-order chi connectivity index (χ0) is 13.1. The van der Waals surface area contributed by atoms with Crippen molar-refractivity contribution in [3.05, 3.63) is 17.0 Å². The summed E-state index contributed by atoms with van der Waals surface area (Å²) >= 11 is 7.95. The number of rotatable bonds is 3. The average molecular weight is 285 g/mol. The highest BCUT2D eigenvalue weighted by Crippen LogP contribution is 2.36. The Morgan fingerprint density at radius 1 is 1.33 bits per heavy atom. The fourth-order valence-electron chi connectivity index (χ4n) is 2.39. The van der Waals surface area contributed by atoms with Gasteiger partial charge in [0.1, 0.15) is 16.0 Å². The second-order valence-corrected chi connectivity index (χ2v) is 7.26. The standard InChI is InChI=1S/C14H21ClN2S/c1-9(2)14-16-12(15)8-13(17-14)18-11-6-4-5-10(3)7-11/h8-11H,4-7H2,1-3H3. The third-order valence-corrected chi connectivity index (χ3v) is 4.79. The lowest BCUT2D eigenvalue weighted by Crippen LogP contribution is -2.15. The molecule has 2 rings (SSSR count). The van der Waals surface area contributed by atoms with Crippen LogP contribution in [0.15, 0.2) is 11.1 Å². The van der Waals surface area contributed by atoms with Gasteiger partial charge in [-0.2, -0.15) is 0 Å². The van der Waals surface area contributed by atoms with Gasteiger partial charge >= 0.3 is 0 Å². The lowest BCUT2D eigenvalue weighted by molar-refractivity contribution is 0.394. The van der Waals surface area contributed by atoms with Crippen LogP contribution < -0.4 is 0 Å². The minimum atomic E-state index is 0.327. The van der Waals surface area contributed by atoms with Gasteiger partial charge in [0.05, 0.1) is 0 Å². The van der Waals surface area contributed by atoms with Crippen molar-refractivity contribution in [1.29, 1.82) is 0 Å². The summed E-state index contributed by atoms with van der Waals surface area (Å²) in [6.07, 6.45) is 5.31. The largest absolute Gasteiger partial charge is 0.226 e. The van der Waals surface area contributed by atoms with E-state index in [1.807, 2.05) is 17.8 Å². The number of nitrogens with zero attached hydrogens (tertiary/aromatic N) is 2. The van der Waals surface area contributed by atoms with Gasteiger partial charge in [0.25, 0.3) is 0 Å². The van der Waals surface area contributed by atoms with Crippen molar-refractivity contribution in [1.82, 2.24) is 9.97 Å². The molecule has 100 valence electrons. The second-order valence-electron chi connectivity index (χ2n) is 5.55. The van der Waals surface area contributed by atoms with Crippen LogP contribution >= 0.6 is 23.4 Å². The van der Waals surface area contributed by atoms with Crippen LogP contribution in [0.4, 0.5) is 0 Å². The van der Waals surface area contributed by atoms with Gasteiger partial charge in [-0.3, -0.25) is 0 Å². The van der Waals surface area contributed by atoms with E-state index in [0.717, 1.165) is 16.8 Å². The maximum absolute atomic E-state index is 6.08. The Labute approximate surface area is 119 Å². The van der Waals surface area contributed by atoms with Crippen molar-refractivity contribution in [2.75, 3.05) is 0 Å². The molecule has 1 fully saturated rings. The topological polar surface area (TPSA) is 25.8 Å². The van der Waals surface area contributed by atoms with Gasteiger partial charge in [-0.05, 0) is 18.8 Å². The quantitative estimate of drug-likeness (QED) is 0.737. The normalized spacial score (nSPS) is 24.5. The molecule has 18 heavy (non-hydrogen) atoms. The summed E-state index contributed by atoms with van der Waals surface area (Å²) in [7, 11) is 0. The van der Waals surface area contributed by atoms with Crippen LogP contribution in [0.1, 0.15) is 58.2 Å². The Balaban J connectivity index is 2.08. The maximum Gasteiger partial charge on any atom is 0.133 e. The number of aromatic nitrogens is 2. The summed E-state index contributed by atoms with van der Waals surface area (Å²) in [5, 5.41) is 2.30. The summed E-state index contributed by atoms with van der Waals surface area (Å²) < 4.78 is 0. The summed E-state index contributed by atoms with van der Waals surface area (Å²) in [6, 6.07) is 1.90. The summed E-state index contributed by atoms with van der Waals surface area (Å²) in [5.74, 6) is 2.03. The molecule has 0 spiro atoms. The molecule has 1 heterocycles. The SMILES string of the molecule is CC1CCCC(Sc2cc(Cl)nc(C(C)C)n2)C1. The van der Waals surface area contributed by atoms with Crippen LogP contribution in [0.3, 0.4) is 0 Å². The molecule has 2 atom stereocenters. The third-order valence-electron chi connectivity index (χ3n) is 3.38. The first-order chi connectivity index (χ1) is 8.54. The van der Waals surface area contributed by atoms with Gasteiger partial charge in [-0.1, -0.05) is 45.2 Å². The first kappa shape index (κ1) is 14.1. The minimum absolute atomic E-state index is 0.327. The molecule has 4 heteroatoms. The first-order valence-electron chi connectivity index (χ1n) is 6.75. The molecular weight excluding hydrogens is 264 g/mol. The van der Waals surface area contributed by atoms with E-state index >= 15 is 0 Å². The first-order valence-corrected chi connectivity index (χ1v) is 8.01. The molecule has 0 aromatic carbocycles. The van der Waals surface area contributed by atoms with Crippen molar-refractivity contribution in [3.8, 4) is 0 Å². The van der Waals surface area contributed by atoms with Crippen LogP contribution in [0, 0.1) is 5.92 Å². The van der Waals surface area contributed by atoms with E-state index in [-0.39, 0.29) is 0 Å². The van der Waals surface area contributed by atoms with E-state index in [9.17, 15) is 0 Å². The predicted octanol–water partition coefficient (Wildman–Crippen LogP) is 4.92. The number of hydrogen-bond donors (Lipinski definition) is 0. The monoisotopic (exact) mass is 284 g/mol. The zero-order valence-corrected chi connectivity index (χ0v) is 12.9. The molecular formula is C14H21ClN2S. The van der Waals surface area contributed by atoms with Crippen LogP contribution in [-0.2, 0) is 0 Å². The maximum atomic E-state index is 6.08. The molecule has 0 N–H and O–H groups in total. The van der Waals surface area contributed by atoms with Crippen LogP contribution in [-0.4, -0.2) is 15.2 Å².